The molecule has 2 aromatic rings. The summed E-state index contributed by atoms with van der Waals surface area (Å²) in [5.74, 6) is -0.845. The van der Waals surface area contributed by atoms with E-state index >= 15 is 0 Å². The van der Waals surface area contributed by atoms with Gasteiger partial charge in [0.05, 0.1) is 6.04 Å². The van der Waals surface area contributed by atoms with Crippen molar-refractivity contribution >= 4 is 15.9 Å². The van der Waals surface area contributed by atoms with Crippen molar-refractivity contribution in [2.24, 2.45) is 5.73 Å². The molecule has 1 atom stereocenters. The number of hydrogen-bond acceptors (Lipinski definition) is 2. The molecule has 2 N–H and O–H groups in total. The van der Waals surface area contributed by atoms with Crippen LogP contribution in [0.15, 0.2) is 46.9 Å². The number of halogens is 5. The second-order valence-corrected chi connectivity index (χ2v) is 5.18. The Hall–Kier alpha value is -1.60. The zero-order chi connectivity index (χ0) is 15.6. The molecule has 2 aromatic carbocycles. The Bertz CT molecular complexity index is 628. The highest BCUT2D eigenvalue weighted by molar-refractivity contribution is 9.10. The molecule has 0 bridgehead atoms. The van der Waals surface area contributed by atoms with E-state index in [2.05, 4.69) is 20.7 Å². The number of nitrogens with two attached hydrogens (primary N) is 1. The molecule has 0 aromatic heterocycles. The molecule has 2 rings (SSSR count). The van der Waals surface area contributed by atoms with Gasteiger partial charge in [0.15, 0.2) is 0 Å². The van der Waals surface area contributed by atoms with Crippen molar-refractivity contribution in [3.8, 4) is 5.75 Å². The van der Waals surface area contributed by atoms with Crippen LogP contribution in [0, 0.1) is 5.82 Å². The molecule has 0 saturated heterocycles. The SMILES string of the molecule is N[C@@H](c1ccc(OC(F)(F)F)cc1)c1ccc(Br)cc1F. The standard InChI is InChI=1S/C14H10BrF4NO/c15-9-3-6-11(12(16)7-9)13(20)8-1-4-10(5-2-8)21-14(17,18)19/h1-7,13H,20H2/t13-/m0/s1. The first kappa shape index (κ1) is 15.8. The molecule has 0 saturated carbocycles. The first-order chi connectivity index (χ1) is 9.76. The average Bonchev–Trinajstić information content (AvgIpc) is 2.37. The molecule has 21 heavy (non-hydrogen) atoms. The monoisotopic (exact) mass is 363 g/mol. The maximum Gasteiger partial charge on any atom is 0.573 e. The van der Waals surface area contributed by atoms with Gasteiger partial charge in [-0.15, -0.1) is 13.2 Å². The van der Waals surface area contributed by atoms with Crippen LogP contribution in [0.5, 0.6) is 5.75 Å². The highest BCUT2D eigenvalue weighted by Gasteiger charge is 2.31. The molecular weight excluding hydrogens is 354 g/mol. The summed E-state index contributed by atoms with van der Waals surface area (Å²) in [6.07, 6.45) is -4.75. The average molecular weight is 364 g/mol. The van der Waals surface area contributed by atoms with E-state index < -0.39 is 18.2 Å². The Labute approximate surface area is 126 Å². The van der Waals surface area contributed by atoms with Crippen molar-refractivity contribution in [1.82, 2.24) is 0 Å². The first-order valence-electron chi connectivity index (χ1n) is 5.82. The summed E-state index contributed by atoms with van der Waals surface area (Å²) >= 11 is 3.14. The number of alkyl halides is 3. The van der Waals surface area contributed by atoms with Crippen LogP contribution in [0.25, 0.3) is 0 Å². The second kappa shape index (κ2) is 6.03. The van der Waals surface area contributed by atoms with Gasteiger partial charge in [0.25, 0.3) is 0 Å². The molecule has 0 unspecified atom stereocenters. The predicted octanol–water partition coefficient (Wildman–Crippen LogP) is 4.53. The smallest absolute Gasteiger partial charge is 0.406 e. The molecule has 0 aliphatic heterocycles. The Balaban J connectivity index is 2.22. The quantitative estimate of drug-likeness (QED) is 0.812. The van der Waals surface area contributed by atoms with Gasteiger partial charge in [0.1, 0.15) is 11.6 Å². The number of benzene rings is 2. The lowest BCUT2D eigenvalue weighted by molar-refractivity contribution is -0.274. The van der Waals surface area contributed by atoms with Crippen molar-refractivity contribution in [3.63, 3.8) is 0 Å². The van der Waals surface area contributed by atoms with Crippen molar-refractivity contribution in [2.45, 2.75) is 12.4 Å². The normalized spacial score (nSPS) is 13.0. The molecule has 0 aliphatic rings. The largest absolute Gasteiger partial charge is 0.573 e. The number of hydrogen-bond donors (Lipinski definition) is 1. The molecule has 0 aliphatic carbocycles. The van der Waals surface area contributed by atoms with E-state index in [1.165, 1.54) is 24.3 Å². The highest BCUT2D eigenvalue weighted by Crippen LogP contribution is 2.28. The Kier molecular flexibility index (Phi) is 4.53. The second-order valence-electron chi connectivity index (χ2n) is 4.26. The van der Waals surface area contributed by atoms with E-state index in [1.54, 1.807) is 6.07 Å². The van der Waals surface area contributed by atoms with Gasteiger partial charge in [-0.25, -0.2) is 4.39 Å². The van der Waals surface area contributed by atoms with Crippen LogP contribution in [0.4, 0.5) is 17.6 Å². The van der Waals surface area contributed by atoms with Gasteiger partial charge >= 0.3 is 6.36 Å². The van der Waals surface area contributed by atoms with Gasteiger partial charge < -0.3 is 10.5 Å². The summed E-state index contributed by atoms with van der Waals surface area (Å²) in [6, 6.07) is 8.66. The van der Waals surface area contributed by atoms with Crippen molar-refractivity contribution in [3.05, 3.63) is 63.9 Å². The molecular formula is C14H10BrF4NO. The van der Waals surface area contributed by atoms with E-state index in [9.17, 15) is 17.6 Å². The summed E-state index contributed by atoms with van der Waals surface area (Å²) < 4.78 is 54.3. The minimum absolute atomic E-state index is 0.252. The van der Waals surface area contributed by atoms with E-state index in [0.29, 0.717) is 10.0 Å². The number of ether oxygens (including phenoxy) is 1. The fourth-order valence-electron chi connectivity index (χ4n) is 1.81. The summed E-state index contributed by atoms with van der Waals surface area (Å²) in [5.41, 5.74) is 6.66. The van der Waals surface area contributed by atoms with Crippen LogP contribution in [0.1, 0.15) is 17.2 Å². The Morgan fingerprint density at radius 2 is 1.67 bits per heavy atom. The van der Waals surface area contributed by atoms with Crippen LogP contribution < -0.4 is 10.5 Å². The van der Waals surface area contributed by atoms with Crippen LogP contribution in [0.3, 0.4) is 0 Å². The van der Waals surface area contributed by atoms with Gasteiger partial charge in [-0.1, -0.05) is 34.1 Å². The summed E-state index contributed by atoms with van der Waals surface area (Å²) in [4.78, 5) is 0. The molecule has 0 heterocycles. The summed E-state index contributed by atoms with van der Waals surface area (Å²) in [6.45, 7) is 0. The maximum absolute atomic E-state index is 13.8. The molecule has 0 radical (unpaired) electrons. The first-order valence-corrected chi connectivity index (χ1v) is 6.62. The lowest BCUT2D eigenvalue weighted by Gasteiger charge is -2.15. The van der Waals surface area contributed by atoms with Gasteiger partial charge in [-0.3, -0.25) is 0 Å². The van der Waals surface area contributed by atoms with Crippen molar-refractivity contribution in [1.29, 1.82) is 0 Å². The van der Waals surface area contributed by atoms with Gasteiger partial charge in [0, 0.05) is 10.0 Å². The molecule has 2 nitrogen and oxygen atoms in total. The summed E-state index contributed by atoms with van der Waals surface area (Å²) in [7, 11) is 0. The predicted molar refractivity (Wildman–Crippen MR) is 73.3 cm³/mol. The molecule has 0 fully saturated rings. The Morgan fingerprint density at radius 3 is 2.19 bits per heavy atom. The van der Waals surface area contributed by atoms with Crippen LogP contribution in [-0.2, 0) is 0 Å². The maximum atomic E-state index is 13.8. The topological polar surface area (TPSA) is 35.2 Å². The van der Waals surface area contributed by atoms with E-state index in [4.69, 9.17) is 5.73 Å². The highest BCUT2D eigenvalue weighted by atomic mass is 79.9. The molecule has 112 valence electrons. The van der Waals surface area contributed by atoms with Crippen molar-refractivity contribution < 1.29 is 22.3 Å². The lowest BCUT2D eigenvalue weighted by Crippen LogP contribution is -2.17. The Morgan fingerprint density at radius 1 is 1.05 bits per heavy atom. The van der Waals surface area contributed by atoms with E-state index in [-0.39, 0.29) is 11.3 Å². The minimum Gasteiger partial charge on any atom is -0.406 e. The molecule has 7 heteroatoms. The van der Waals surface area contributed by atoms with Crippen LogP contribution >= 0.6 is 15.9 Å². The zero-order valence-corrected chi connectivity index (χ0v) is 12.1. The molecule has 0 amide bonds. The van der Waals surface area contributed by atoms with E-state index in [1.807, 2.05) is 0 Å². The lowest BCUT2D eigenvalue weighted by atomic mass is 9.99. The molecule has 0 spiro atoms. The van der Waals surface area contributed by atoms with Gasteiger partial charge in [0.2, 0.25) is 0 Å². The third kappa shape index (κ3) is 4.18. The van der Waals surface area contributed by atoms with Gasteiger partial charge in [-0.05, 0) is 29.8 Å². The number of rotatable bonds is 3. The fourth-order valence-corrected chi connectivity index (χ4v) is 2.14. The van der Waals surface area contributed by atoms with E-state index in [0.717, 1.165) is 12.1 Å². The third-order valence-electron chi connectivity index (χ3n) is 2.77. The minimum atomic E-state index is -4.75. The van der Waals surface area contributed by atoms with Crippen LogP contribution in [-0.4, -0.2) is 6.36 Å². The van der Waals surface area contributed by atoms with Crippen molar-refractivity contribution in [2.75, 3.05) is 0 Å². The fraction of sp³-hybridized carbons (Fsp3) is 0.143. The van der Waals surface area contributed by atoms with Crippen LogP contribution in [0.2, 0.25) is 0 Å². The van der Waals surface area contributed by atoms with Gasteiger partial charge in [-0.2, -0.15) is 0 Å². The summed E-state index contributed by atoms with van der Waals surface area (Å²) in [5, 5.41) is 0. The third-order valence-corrected chi connectivity index (χ3v) is 3.26. The zero-order valence-electron chi connectivity index (χ0n) is 10.5.